The Bertz CT molecular complexity index is 2350. The van der Waals surface area contributed by atoms with Gasteiger partial charge in [0.2, 0.25) is 12.3 Å². The first-order valence-electron chi connectivity index (χ1n) is 28.8. The molecule has 0 aliphatic heterocycles. The summed E-state index contributed by atoms with van der Waals surface area (Å²) in [6.45, 7) is 11.1. The maximum absolute atomic E-state index is 14.4. The molecule has 43 heteroatoms. The fraction of sp³-hybridized carbons (Fsp3) is 0.833. The fourth-order valence-electron chi connectivity index (χ4n) is 6.55. The van der Waals surface area contributed by atoms with Gasteiger partial charge in [0.05, 0.1) is 128 Å². The number of alkyl halides is 4. The molecule has 0 saturated heterocycles. The Hall–Kier alpha value is -0.422. The molecule has 0 aromatic rings. The van der Waals surface area contributed by atoms with Gasteiger partial charge < -0.3 is 99.1 Å². The Labute approximate surface area is 632 Å². The summed E-state index contributed by atoms with van der Waals surface area (Å²) in [6.07, 6.45) is -5.90. The summed E-state index contributed by atoms with van der Waals surface area (Å²) in [5, 5.41) is 4.18. The van der Waals surface area contributed by atoms with Crippen LogP contribution < -0.4 is 25.3 Å². The number of carbonyl (C=O) groups is 7. The van der Waals surface area contributed by atoms with Crippen molar-refractivity contribution in [3.8, 4) is 0 Å². The van der Waals surface area contributed by atoms with E-state index in [2.05, 4.69) is 98.7 Å². The first-order chi connectivity index (χ1) is 43.3. The molecule has 0 saturated carbocycles. The van der Waals surface area contributed by atoms with Crippen LogP contribution in [0.5, 0.6) is 0 Å². The van der Waals surface area contributed by atoms with Crippen molar-refractivity contribution in [2.24, 2.45) is 10.8 Å². The molecule has 0 bridgehead atoms. The molecule has 2 amide bonds. The van der Waals surface area contributed by atoms with Gasteiger partial charge in [0.15, 0.2) is 0 Å². The van der Waals surface area contributed by atoms with Gasteiger partial charge in [-0.2, -0.15) is 9.12 Å². The van der Waals surface area contributed by atoms with E-state index >= 15 is 0 Å². The topological polar surface area (TPSA) is 384 Å². The van der Waals surface area contributed by atoms with E-state index in [9.17, 15) is 70.7 Å². The normalized spacial score (nSPS) is 15.4. The summed E-state index contributed by atoms with van der Waals surface area (Å²) in [5.41, 5.74) is -2.20. The largest absolute Gasteiger partial charge is 0 e. The number of esters is 5. The third-order valence-corrected chi connectivity index (χ3v) is 15.6. The minimum atomic E-state index is -4.61. The number of amides is 2. The summed E-state index contributed by atoms with van der Waals surface area (Å²) < 4.78 is 127. The summed E-state index contributed by atoms with van der Waals surface area (Å²) in [4.78, 5) is 121. The third kappa shape index (κ3) is 58.5. The van der Waals surface area contributed by atoms with Crippen LogP contribution in [0, 0.1) is 10.8 Å². The molecular formula is C54H104BBr3CuF2N5O26P4Y. The van der Waals surface area contributed by atoms with E-state index in [0.717, 1.165) is 0 Å². The first kappa shape index (κ1) is 108. The Morgan fingerprint density at radius 2 is 0.722 bits per heavy atom. The number of hydrogen-bond donors (Lipinski definition) is 2. The number of quaternary nitrogens is 3. The Morgan fingerprint density at radius 1 is 0.485 bits per heavy atom. The Balaban J connectivity index is -0.000000703. The number of phosphoric acid groups is 3. The minimum Gasteiger partial charge on any atom is 0 e. The van der Waals surface area contributed by atoms with Gasteiger partial charge >= 0.3 is 58.2 Å². The molecule has 97 heavy (non-hydrogen) atoms. The number of hydrogen-bond acceptors (Lipinski definition) is 26. The van der Waals surface area contributed by atoms with Crippen molar-refractivity contribution in [3.05, 3.63) is 12.2 Å². The van der Waals surface area contributed by atoms with Crippen LogP contribution in [-0.4, -0.2) is 279 Å². The molecule has 2 N–H and O–H groups in total. The van der Waals surface area contributed by atoms with Crippen molar-refractivity contribution in [1.82, 2.24) is 10.6 Å². The van der Waals surface area contributed by atoms with Gasteiger partial charge in [-0.1, -0.05) is 45.9 Å². The van der Waals surface area contributed by atoms with E-state index in [1.54, 1.807) is 0 Å². The van der Waals surface area contributed by atoms with Gasteiger partial charge in [0.1, 0.15) is 81.1 Å². The fourth-order valence-corrected chi connectivity index (χ4v) is 10.2. The van der Waals surface area contributed by atoms with Crippen LogP contribution in [0.3, 0.4) is 0 Å². The Morgan fingerprint density at radius 3 is 0.979 bits per heavy atom. The average molecular weight is 1800 g/mol. The van der Waals surface area contributed by atoms with Crippen LogP contribution in [0.1, 0.15) is 68.7 Å². The van der Waals surface area contributed by atoms with Crippen LogP contribution in [-0.2, 0) is 154 Å². The van der Waals surface area contributed by atoms with Crippen LogP contribution in [0.25, 0.3) is 0 Å². The molecule has 8 unspecified atom stereocenters. The molecule has 0 rings (SSSR count). The predicted octanol–water partition coefficient (Wildman–Crippen LogP) is 3.39. The molecule has 0 spiro atoms. The summed E-state index contributed by atoms with van der Waals surface area (Å²) >= 11 is 13.0. The van der Waals surface area contributed by atoms with Gasteiger partial charge in [0, 0.05) is 51.4 Å². The quantitative estimate of drug-likeness (QED) is 0.0129. The van der Waals surface area contributed by atoms with E-state index in [-0.39, 0.29) is 144 Å². The smallest absolute Gasteiger partial charge is 0 e. The molecule has 0 aliphatic rings. The molecule has 0 heterocycles. The zero-order chi connectivity index (χ0) is 74.9. The summed E-state index contributed by atoms with van der Waals surface area (Å²) in [5.74, 6) is -6.40. The molecule has 8 atom stereocenters. The second-order valence-electron chi connectivity index (χ2n) is 25.0. The number of likely N-dealkylation sites (N-methyl/N-ethyl adjacent to an activating group) is 3. The molecule has 573 valence electrons. The van der Waals surface area contributed by atoms with E-state index < -0.39 is 123 Å². The van der Waals surface area contributed by atoms with Gasteiger partial charge in [-0.15, -0.1) is 0 Å². The molecular weight excluding hydrogens is 1700 g/mol. The van der Waals surface area contributed by atoms with Crippen molar-refractivity contribution >= 4 is 128 Å². The monoisotopic (exact) mass is 1800 g/mol. The molecule has 3 radical (unpaired) electrons. The van der Waals surface area contributed by atoms with Gasteiger partial charge in [-0.3, -0.25) is 42.5 Å². The zero-order valence-electron chi connectivity index (χ0n) is 57.6. The summed E-state index contributed by atoms with van der Waals surface area (Å²) in [6, 6.07) is 0. The molecule has 0 aromatic heterocycles. The maximum Gasteiger partial charge on any atom is 0 e. The number of phosphoric ester groups is 3. The van der Waals surface area contributed by atoms with Crippen molar-refractivity contribution in [2.45, 2.75) is 89.7 Å². The number of rotatable bonds is 48. The number of ether oxygens (including phenoxy) is 7. The molecule has 0 aliphatic carbocycles. The number of nitrogens with one attached hydrogen (secondary N) is 2. The third-order valence-electron chi connectivity index (χ3n) is 11.4. The van der Waals surface area contributed by atoms with Gasteiger partial charge in [-0.05, 0) is 61.3 Å². The van der Waals surface area contributed by atoms with E-state index in [0.29, 0.717) is 33.1 Å². The summed E-state index contributed by atoms with van der Waals surface area (Å²) in [7, 11) is 9.67. The average Bonchev–Trinajstić information content (AvgIpc) is 0.846. The predicted molar refractivity (Wildman–Crippen MR) is 357 cm³/mol. The number of nitrogens with zero attached hydrogens (tertiary/aromatic N) is 3. The Kier molecular flexibility index (Phi) is 59.2. The second kappa shape index (κ2) is 53.4. The van der Waals surface area contributed by atoms with Gasteiger partial charge in [0.25, 0.3) is 35.3 Å². The van der Waals surface area contributed by atoms with Crippen LogP contribution >= 0.6 is 78.6 Å². The van der Waals surface area contributed by atoms with E-state index in [1.165, 1.54) is 48.5 Å². The van der Waals surface area contributed by atoms with Crippen molar-refractivity contribution in [1.29, 1.82) is 0 Å². The first-order valence-corrected chi connectivity index (χ1v) is 37.8. The maximum atomic E-state index is 14.4. The standard InChI is InChI=1S/C42H76Br2F2N4O20P2.C11H22NO6P.CH4.BH2P.BrH.Cu.Y/c1-39(2,29-41(5,43)37(55)65-25-27-69-71(57,58)67-19-15-49(7,8)9)35(53)63-23-21-61-17-13-47-33(51)31(45)32(46)34(52)48-14-18-62-22-24-64-36(54)40(3,4)30-42(6,44)38(56)66-26-28-70-72(59,60)68-20-16-50(10,11)12;1-10(2)11(13)16-8-9-18-19(14,15)17-7-6-12(3,4)5;;1-2;;;/h31-32H,13-30H2,1-12H3,(H2-2,47,48,51,52,57,58,59,60);1,6-9H2,2-5H3;1H4;2H2;1H;;/q;;;;;+1;/p-1. The van der Waals surface area contributed by atoms with Crippen LogP contribution in [0.4, 0.5) is 8.78 Å². The minimum absolute atomic E-state index is 0. The molecule has 0 fully saturated rings. The molecule has 31 nitrogen and oxygen atoms in total. The zero-order valence-corrected chi connectivity index (χ0v) is 70.0. The van der Waals surface area contributed by atoms with Crippen molar-refractivity contribution in [3.63, 3.8) is 0 Å². The van der Waals surface area contributed by atoms with Crippen molar-refractivity contribution in [2.75, 3.05) is 195 Å². The SMILES string of the molecule is C.C=C(C)C(=O)OCCOP(=O)([O-])OCC[N+](C)(C)C.CC(C)(CC(C)(Br)C(=O)OCCOP(=O)([O-])OCC[N+](C)(C)C)C(=O)OCCOCCNC(=O)C(F)C(F)C(=O)NCCOCCOC(=O)C(C)(C)CC(C)(Br)C(=O)OCCOP(=O)([O-])OCC[N+](C)(C)C.[B]P.[Cu][Br].[Y]. The number of halogens is 5. The van der Waals surface area contributed by atoms with Crippen LogP contribution in [0.2, 0.25) is 0 Å². The van der Waals surface area contributed by atoms with E-state index in [4.69, 9.17) is 46.5 Å². The van der Waals surface area contributed by atoms with Crippen molar-refractivity contribution < 1.29 is 191 Å². The van der Waals surface area contributed by atoms with Crippen LogP contribution in [0.15, 0.2) is 12.2 Å². The second-order valence-corrected chi connectivity index (χ2v) is 32.7. The molecule has 0 aromatic carbocycles. The van der Waals surface area contributed by atoms with E-state index in [1.807, 2.05) is 72.5 Å². The van der Waals surface area contributed by atoms with Gasteiger partial charge in [-0.25, -0.2) is 13.6 Å². The number of carbonyl (C=O) groups excluding carboxylic acids is 7.